The standard InChI is InChI=1S/C31H44O6/c1-26(2,3)13-12-22(34)31(9,37)24-20(33)15-28(6)21-11-10-17-18(14-19(32)25(36)27(17,4)5)30(21,8)23(35)16-29(24,28)7/h10,12-14,18,20-21,24,32-33,37H,11,15-16H2,1-9H3/b13-12+/t18?,20-,21?,24?,28+,29-,30+,31+/m1/s1. The monoisotopic (exact) mass is 512 g/mol. The van der Waals surface area contributed by atoms with Crippen LogP contribution in [0.1, 0.15) is 81.6 Å². The van der Waals surface area contributed by atoms with E-state index >= 15 is 0 Å². The third kappa shape index (κ3) is 3.61. The normalized spacial score (nSPS) is 42.9. The van der Waals surface area contributed by atoms with Crippen LogP contribution in [-0.2, 0) is 14.4 Å². The molecule has 0 aromatic heterocycles. The maximum Gasteiger partial charge on any atom is 0.206 e. The van der Waals surface area contributed by atoms with Crippen LogP contribution in [0.25, 0.3) is 0 Å². The van der Waals surface area contributed by atoms with Gasteiger partial charge in [-0.25, -0.2) is 0 Å². The Balaban J connectivity index is 1.82. The molecule has 6 nitrogen and oxygen atoms in total. The average Bonchev–Trinajstić information content (AvgIpc) is 2.96. The number of carbonyl (C=O) groups excluding carboxylic acids is 3. The molecule has 6 heteroatoms. The SMILES string of the molecule is CC(C)(C)/C=C/C(=O)[C@](C)(O)C1[C@H](O)C[C@@]2(C)C3CC=C4C(C=C(O)C(=O)C4(C)C)[C@]3(C)C(=O)C[C@]12C. The number of aliphatic hydroxyl groups excluding tert-OH is 2. The topological polar surface area (TPSA) is 112 Å². The molecule has 0 aromatic rings. The van der Waals surface area contributed by atoms with Crippen molar-refractivity contribution in [2.24, 2.45) is 44.8 Å². The Morgan fingerprint density at radius 3 is 2.22 bits per heavy atom. The summed E-state index contributed by atoms with van der Waals surface area (Å²) in [4.78, 5) is 40.3. The van der Waals surface area contributed by atoms with E-state index in [0.717, 1.165) is 5.57 Å². The van der Waals surface area contributed by atoms with Gasteiger partial charge in [-0.3, -0.25) is 14.4 Å². The van der Waals surface area contributed by atoms with E-state index in [9.17, 15) is 29.7 Å². The van der Waals surface area contributed by atoms with Crippen LogP contribution in [0, 0.1) is 44.8 Å². The summed E-state index contributed by atoms with van der Waals surface area (Å²) in [6.45, 7) is 16.9. The van der Waals surface area contributed by atoms with Crippen molar-refractivity contribution in [3.05, 3.63) is 35.6 Å². The Kier molecular flexibility index (Phi) is 6.03. The van der Waals surface area contributed by atoms with Crippen LogP contribution in [0.2, 0.25) is 0 Å². The van der Waals surface area contributed by atoms with Gasteiger partial charge in [0.2, 0.25) is 5.78 Å². The largest absolute Gasteiger partial charge is 0.505 e. The number of ketones is 3. The van der Waals surface area contributed by atoms with Crippen LogP contribution in [0.15, 0.2) is 35.6 Å². The molecule has 2 fully saturated rings. The Morgan fingerprint density at radius 2 is 1.65 bits per heavy atom. The third-order valence-corrected chi connectivity index (χ3v) is 10.9. The van der Waals surface area contributed by atoms with Gasteiger partial charge in [0, 0.05) is 23.7 Å². The second-order valence-corrected chi connectivity index (χ2v) is 14.6. The van der Waals surface area contributed by atoms with E-state index in [2.05, 4.69) is 13.0 Å². The van der Waals surface area contributed by atoms with Crippen LogP contribution in [0.3, 0.4) is 0 Å². The molecule has 0 heterocycles. The molecular weight excluding hydrogens is 468 g/mol. The lowest BCUT2D eigenvalue weighted by Crippen LogP contribution is -2.64. The molecule has 37 heavy (non-hydrogen) atoms. The summed E-state index contributed by atoms with van der Waals surface area (Å²) < 4.78 is 0. The number of hydrogen-bond acceptors (Lipinski definition) is 6. The van der Waals surface area contributed by atoms with E-state index in [1.807, 2.05) is 34.6 Å². The Bertz CT molecular complexity index is 1150. The van der Waals surface area contributed by atoms with Crippen molar-refractivity contribution in [2.45, 2.75) is 93.3 Å². The van der Waals surface area contributed by atoms with Crippen molar-refractivity contribution in [1.82, 2.24) is 0 Å². The second-order valence-electron chi connectivity index (χ2n) is 14.6. The van der Waals surface area contributed by atoms with E-state index in [1.165, 1.54) is 13.0 Å². The minimum atomic E-state index is -1.85. The van der Waals surface area contributed by atoms with Gasteiger partial charge < -0.3 is 15.3 Å². The van der Waals surface area contributed by atoms with Crippen LogP contribution in [0.4, 0.5) is 0 Å². The number of fused-ring (bicyclic) bond motifs is 5. The number of allylic oxidation sites excluding steroid dienone is 5. The Labute approximate surface area is 220 Å². The minimum Gasteiger partial charge on any atom is -0.505 e. The average molecular weight is 513 g/mol. The van der Waals surface area contributed by atoms with E-state index < -0.39 is 51.0 Å². The summed E-state index contributed by atoms with van der Waals surface area (Å²) in [5, 5.41) is 33.7. The summed E-state index contributed by atoms with van der Waals surface area (Å²) in [6, 6.07) is 0. The third-order valence-electron chi connectivity index (χ3n) is 10.9. The fraction of sp³-hybridized carbons (Fsp3) is 0.710. The van der Waals surface area contributed by atoms with Gasteiger partial charge in [-0.05, 0) is 67.9 Å². The van der Waals surface area contributed by atoms with Crippen molar-refractivity contribution < 1.29 is 29.7 Å². The summed E-state index contributed by atoms with van der Waals surface area (Å²) in [7, 11) is 0. The van der Waals surface area contributed by atoms with Crippen LogP contribution in [-0.4, -0.2) is 44.4 Å². The predicted molar refractivity (Wildman–Crippen MR) is 141 cm³/mol. The minimum absolute atomic E-state index is 0.0187. The van der Waals surface area contributed by atoms with Gasteiger partial charge in [-0.1, -0.05) is 59.3 Å². The van der Waals surface area contributed by atoms with Crippen molar-refractivity contribution in [1.29, 1.82) is 0 Å². The number of hydrogen-bond donors (Lipinski definition) is 3. The fourth-order valence-corrected chi connectivity index (χ4v) is 8.62. The molecule has 0 saturated heterocycles. The first-order chi connectivity index (χ1) is 16.7. The quantitative estimate of drug-likeness (QED) is 0.367. The summed E-state index contributed by atoms with van der Waals surface area (Å²) in [5.41, 5.74) is -4.45. The molecular formula is C31H44O6. The van der Waals surface area contributed by atoms with Gasteiger partial charge in [0.1, 0.15) is 11.4 Å². The van der Waals surface area contributed by atoms with Crippen molar-refractivity contribution in [3.8, 4) is 0 Å². The maximum atomic E-state index is 14.2. The van der Waals surface area contributed by atoms with Crippen LogP contribution >= 0.6 is 0 Å². The lowest BCUT2D eigenvalue weighted by Gasteiger charge is -2.63. The molecule has 204 valence electrons. The van der Waals surface area contributed by atoms with E-state index in [0.29, 0.717) is 12.8 Å². The number of aliphatic hydroxyl groups is 3. The Hall–Kier alpha value is -2.05. The molecule has 0 aliphatic heterocycles. The molecule has 4 aliphatic rings. The molecule has 3 N–H and O–H groups in total. The molecule has 0 bridgehead atoms. The fourth-order valence-electron chi connectivity index (χ4n) is 8.62. The highest BCUT2D eigenvalue weighted by atomic mass is 16.3. The Morgan fingerprint density at radius 1 is 1.05 bits per heavy atom. The van der Waals surface area contributed by atoms with Crippen LogP contribution in [0.5, 0.6) is 0 Å². The molecule has 3 unspecified atom stereocenters. The number of carbonyl (C=O) groups is 3. The molecule has 0 aromatic carbocycles. The van der Waals surface area contributed by atoms with Gasteiger partial charge in [0.05, 0.1) is 11.5 Å². The lowest BCUT2D eigenvalue weighted by atomic mass is 9.39. The molecule has 0 spiro atoms. The number of Topliss-reactive ketones (excluding diaryl/α,β-unsaturated/α-hetero) is 2. The van der Waals surface area contributed by atoms with Crippen molar-refractivity contribution in [3.63, 3.8) is 0 Å². The van der Waals surface area contributed by atoms with E-state index in [1.54, 1.807) is 26.0 Å². The van der Waals surface area contributed by atoms with Gasteiger partial charge in [0.25, 0.3) is 0 Å². The first-order valence-corrected chi connectivity index (χ1v) is 13.5. The highest BCUT2D eigenvalue weighted by Gasteiger charge is 2.74. The predicted octanol–water partition coefficient (Wildman–Crippen LogP) is 4.89. The molecule has 0 radical (unpaired) electrons. The first-order valence-electron chi connectivity index (χ1n) is 13.5. The smallest absolute Gasteiger partial charge is 0.206 e. The number of rotatable bonds is 3. The summed E-state index contributed by atoms with van der Waals surface area (Å²) in [5.74, 6) is -2.59. The van der Waals surface area contributed by atoms with Gasteiger partial charge in [-0.2, -0.15) is 0 Å². The zero-order valence-electron chi connectivity index (χ0n) is 23.8. The highest BCUT2D eigenvalue weighted by molar-refractivity contribution is 6.02. The highest BCUT2D eigenvalue weighted by Crippen LogP contribution is 2.73. The zero-order valence-corrected chi connectivity index (χ0v) is 23.8. The lowest BCUT2D eigenvalue weighted by molar-refractivity contribution is -0.179. The van der Waals surface area contributed by atoms with Gasteiger partial charge in [0.15, 0.2) is 11.5 Å². The van der Waals surface area contributed by atoms with Gasteiger partial charge in [-0.15, -0.1) is 0 Å². The molecule has 0 amide bonds. The second kappa shape index (κ2) is 7.98. The zero-order chi connectivity index (χ0) is 28.1. The molecule has 4 rings (SSSR count). The molecule has 8 atom stereocenters. The summed E-state index contributed by atoms with van der Waals surface area (Å²) in [6.07, 6.45) is 6.79. The van der Waals surface area contributed by atoms with Crippen molar-refractivity contribution in [2.75, 3.05) is 0 Å². The summed E-state index contributed by atoms with van der Waals surface area (Å²) >= 11 is 0. The van der Waals surface area contributed by atoms with Gasteiger partial charge >= 0.3 is 0 Å². The van der Waals surface area contributed by atoms with E-state index in [-0.39, 0.29) is 35.1 Å². The molecule has 4 aliphatic carbocycles. The van der Waals surface area contributed by atoms with E-state index in [4.69, 9.17) is 0 Å². The maximum absolute atomic E-state index is 14.2. The van der Waals surface area contributed by atoms with Crippen molar-refractivity contribution >= 4 is 17.3 Å². The first kappa shape index (κ1) is 28.0. The van der Waals surface area contributed by atoms with Crippen LogP contribution < -0.4 is 0 Å². The molecule has 2 saturated carbocycles.